The molecule has 0 N–H and O–H groups in total. The SMILES string of the molecule is CC1(C)CC(=O)C2=C(C1)C[C@@]1(C)CC(C)(C)C[C@]2(Cl)C1. The maximum absolute atomic E-state index is 12.7. The molecule has 112 valence electrons. The van der Waals surface area contributed by atoms with Crippen LogP contribution in [0.15, 0.2) is 11.1 Å². The van der Waals surface area contributed by atoms with Crippen LogP contribution >= 0.6 is 11.6 Å². The normalized spacial score (nSPS) is 42.4. The Hall–Kier alpha value is -0.300. The molecule has 0 radical (unpaired) electrons. The van der Waals surface area contributed by atoms with Gasteiger partial charge in [-0.05, 0) is 48.3 Å². The first kappa shape index (κ1) is 14.6. The highest BCUT2D eigenvalue weighted by molar-refractivity contribution is 6.30. The van der Waals surface area contributed by atoms with E-state index in [-0.39, 0.29) is 16.2 Å². The first-order valence-corrected chi connectivity index (χ1v) is 8.26. The first-order valence-electron chi connectivity index (χ1n) is 7.89. The van der Waals surface area contributed by atoms with Crippen molar-refractivity contribution in [2.75, 3.05) is 0 Å². The number of carbonyl (C=O) groups excluding carboxylic acids is 1. The van der Waals surface area contributed by atoms with Crippen molar-refractivity contribution in [2.24, 2.45) is 16.2 Å². The number of ketones is 1. The molecule has 0 saturated heterocycles. The van der Waals surface area contributed by atoms with Crippen molar-refractivity contribution in [1.82, 2.24) is 0 Å². The van der Waals surface area contributed by atoms with Gasteiger partial charge in [0.15, 0.2) is 5.78 Å². The molecule has 1 fully saturated rings. The van der Waals surface area contributed by atoms with Crippen LogP contribution in [0.2, 0.25) is 0 Å². The molecule has 20 heavy (non-hydrogen) atoms. The van der Waals surface area contributed by atoms with Gasteiger partial charge in [0, 0.05) is 12.0 Å². The fraction of sp³-hybridized carbons (Fsp3) is 0.833. The summed E-state index contributed by atoms with van der Waals surface area (Å²) in [4.78, 5) is 12.3. The highest BCUT2D eigenvalue weighted by Crippen LogP contribution is 2.63. The Kier molecular flexibility index (Phi) is 2.86. The molecule has 0 aromatic rings. The van der Waals surface area contributed by atoms with E-state index in [9.17, 15) is 4.79 Å². The number of carbonyl (C=O) groups is 1. The Labute approximate surface area is 128 Å². The molecule has 0 spiro atoms. The van der Waals surface area contributed by atoms with Gasteiger partial charge in [-0.3, -0.25) is 4.79 Å². The number of hydrogen-bond acceptors (Lipinski definition) is 1. The monoisotopic (exact) mass is 294 g/mol. The zero-order valence-electron chi connectivity index (χ0n) is 13.5. The number of alkyl halides is 1. The van der Waals surface area contributed by atoms with Crippen molar-refractivity contribution in [1.29, 1.82) is 0 Å². The van der Waals surface area contributed by atoms with Crippen LogP contribution in [-0.2, 0) is 4.79 Å². The van der Waals surface area contributed by atoms with Crippen molar-refractivity contribution >= 4 is 17.4 Å². The van der Waals surface area contributed by atoms with Gasteiger partial charge in [-0.2, -0.15) is 0 Å². The van der Waals surface area contributed by atoms with E-state index >= 15 is 0 Å². The molecule has 0 amide bonds. The fourth-order valence-electron chi connectivity index (χ4n) is 5.76. The molecule has 1 saturated carbocycles. The zero-order chi connectivity index (χ0) is 15.0. The Balaban J connectivity index is 2.12. The van der Waals surface area contributed by atoms with Gasteiger partial charge in [0.1, 0.15) is 0 Å². The van der Waals surface area contributed by atoms with Crippen LogP contribution in [0.1, 0.15) is 73.1 Å². The maximum atomic E-state index is 12.7. The van der Waals surface area contributed by atoms with E-state index in [1.165, 1.54) is 12.0 Å². The van der Waals surface area contributed by atoms with Crippen molar-refractivity contribution in [3.63, 3.8) is 0 Å². The summed E-state index contributed by atoms with van der Waals surface area (Å²) in [6.45, 7) is 11.4. The summed E-state index contributed by atoms with van der Waals surface area (Å²) in [5.41, 5.74) is 3.02. The highest BCUT2D eigenvalue weighted by Gasteiger charge is 2.56. The fourth-order valence-corrected chi connectivity index (χ4v) is 6.68. The van der Waals surface area contributed by atoms with Gasteiger partial charge in [0.2, 0.25) is 0 Å². The molecule has 0 heterocycles. The molecule has 2 heteroatoms. The van der Waals surface area contributed by atoms with Gasteiger partial charge in [-0.15, -0.1) is 11.6 Å². The molecule has 0 aliphatic heterocycles. The van der Waals surface area contributed by atoms with Crippen LogP contribution in [0.5, 0.6) is 0 Å². The standard InChI is InChI=1S/C18H27ClO/c1-15(2)6-12-7-17(5)9-16(3,4)10-18(19,11-17)14(12)13(20)8-15/h6-11H2,1-5H3/t17-,18-/m0/s1. The van der Waals surface area contributed by atoms with Gasteiger partial charge in [-0.1, -0.05) is 40.2 Å². The van der Waals surface area contributed by atoms with Crippen LogP contribution in [0.25, 0.3) is 0 Å². The molecule has 0 aromatic heterocycles. The average Bonchev–Trinajstić information content (AvgIpc) is 2.05. The van der Waals surface area contributed by atoms with Gasteiger partial charge in [-0.25, -0.2) is 0 Å². The summed E-state index contributed by atoms with van der Waals surface area (Å²) in [5.74, 6) is 0.325. The lowest BCUT2D eigenvalue weighted by Crippen LogP contribution is -2.51. The Bertz CT molecular complexity index is 514. The lowest BCUT2D eigenvalue weighted by atomic mass is 9.51. The second kappa shape index (κ2) is 3.91. The van der Waals surface area contributed by atoms with Crippen LogP contribution < -0.4 is 0 Å². The third-order valence-corrected chi connectivity index (χ3v) is 5.88. The minimum atomic E-state index is -0.391. The van der Waals surface area contributed by atoms with Crippen LogP contribution in [0.4, 0.5) is 0 Å². The average molecular weight is 295 g/mol. The molecular weight excluding hydrogens is 268 g/mol. The minimum absolute atomic E-state index is 0.112. The lowest BCUT2D eigenvalue weighted by molar-refractivity contribution is -0.119. The number of halogens is 1. The number of rotatable bonds is 0. The number of Topliss-reactive ketones (excluding diaryl/α,β-unsaturated/α-hetero) is 1. The molecule has 3 aliphatic carbocycles. The van der Waals surface area contributed by atoms with E-state index in [2.05, 4.69) is 34.6 Å². The predicted molar refractivity (Wildman–Crippen MR) is 84.0 cm³/mol. The van der Waals surface area contributed by atoms with E-state index in [1.807, 2.05) is 0 Å². The van der Waals surface area contributed by atoms with E-state index in [0.717, 1.165) is 31.3 Å². The van der Waals surface area contributed by atoms with Crippen LogP contribution in [-0.4, -0.2) is 10.7 Å². The lowest BCUT2D eigenvalue weighted by Gasteiger charge is -2.56. The maximum Gasteiger partial charge on any atom is 0.161 e. The van der Waals surface area contributed by atoms with E-state index in [1.54, 1.807) is 0 Å². The highest BCUT2D eigenvalue weighted by atomic mass is 35.5. The van der Waals surface area contributed by atoms with E-state index in [4.69, 9.17) is 11.6 Å². The predicted octanol–water partition coefficient (Wildman–Crippen LogP) is 5.27. The topological polar surface area (TPSA) is 17.1 Å². The van der Waals surface area contributed by atoms with E-state index < -0.39 is 4.87 Å². The second-order valence-corrected chi connectivity index (χ2v) is 10.3. The van der Waals surface area contributed by atoms with Gasteiger partial charge in [0.05, 0.1) is 4.87 Å². The summed E-state index contributed by atoms with van der Waals surface area (Å²) >= 11 is 7.06. The molecule has 0 unspecified atom stereocenters. The number of hydrogen-bond donors (Lipinski definition) is 0. The Morgan fingerprint density at radius 3 is 2.15 bits per heavy atom. The van der Waals surface area contributed by atoms with E-state index in [0.29, 0.717) is 12.2 Å². The molecular formula is C18H27ClO. The summed E-state index contributed by atoms with van der Waals surface area (Å²) in [7, 11) is 0. The smallest absolute Gasteiger partial charge is 0.161 e. The number of fused-ring (bicyclic) bond motifs is 3. The van der Waals surface area contributed by atoms with Gasteiger partial charge in [0.25, 0.3) is 0 Å². The molecule has 3 aliphatic rings. The molecule has 3 rings (SSSR count). The summed E-state index contributed by atoms with van der Waals surface area (Å²) < 4.78 is 0. The molecule has 2 atom stereocenters. The zero-order valence-corrected chi connectivity index (χ0v) is 14.3. The molecule has 0 aromatic carbocycles. The quantitative estimate of drug-likeness (QED) is 0.556. The molecule has 2 bridgehead atoms. The Morgan fingerprint density at radius 1 is 0.850 bits per heavy atom. The van der Waals surface area contributed by atoms with Gasteiger partial charge < -0.3 is 0 Å². The summed E-state index contributed by atoms with van der Waals surface area (Å²) in [5, 5.41) is 0. The summed E-state index contributed by atoms with van der Waals surface area (Å²) in [6.07, 6.45) is 5.95. The summed E-state index contributed by atoms with van der Waals surface area (Å²) in [6, 6.07) is 0. The van der Waals surface area contributed by atoms with Gasteiger partial charge >= 0.3 is 0 Å². The molecule has 1 nitrogen and oxygen atoms in total. The van der Waals surface area contributed by atoms with Crippen molar-refractivity contribution in [3.8, 4) is 0 Å². The third kappa shape index (κ3) is 2.26. The van der Waals surface area contributed by atoms with Crippen molar-refractivity contribution < 1.29 is 4.79 Å². The van der Waals surface area contributed by atoms with Crippen LogP contribution in [0, 0.1) is 16.2 Å². The number of allylic oxidation sites excluding steroid dienone is 2. The largest absolute Gasteiger partial charge is 0.294 e. The minimum Gasteiger partial charge on any atom is -0.294 e. The van der Waals surface area contributed by atoms with Crippen molar-refractivity contribution in [3.05, 3.63) is 11.1 Å². The Morgan fingerprint density at radius 2 is 1.50 bits per heavy atom. The second-order valence-electron chi connectivity index (χ2n) is 9.57. The third-order valence-electron chi connectivity index (χ3n) is 5.42. The van der Waals surface area contributed by atoms with Crippen LogP contribution in [0.3, 0.4) is 0 Å². The first-order chi connectivity index (χ1) is 8.94. The van der Waals surface area contributed by atoms with Crippen molar-refractivity contribution in [2.45, 2.75) is 78.0 Å².